The fourth-order valence-corrected chi connectivity index (χ4v) is 2.00. The number of carbonyl (C=O) groups excluding carboxylic acids is 1. The summed E-state index contributed by atoms with van der Waals surface area (Å²) in [6.45, 7) is 0. The molecule has 0 heterocycles. The van der Waals surface area contributed by atoms with E-state index in [0.717, 1.165) is 0 Å². The summed E-state index contributed by atoms with van der Waals surface area (Å²) in [4.78, 5) is 11.7. The van der Waals surface area contributed by atoms with Crippen LogP contribution in [0.4, 0.5) is 4.39 Å². The third kappa shape index (κ3) is 3.92. The maximum atomic E-state index is 13.0. The van der Waals surface area contributed by atoms with Crippen LogP contribution in [-0.2, 0) is 4.79 Å². The molecule has 0 fully saturated rings. The largest absolute Gasteiger partial charge is 0.422 e. The molecule has 0 radical (unpaired) electrons. The number of hydrogen-bond donors (Lipinski definition) is 0. The molecule has 0 aliphatic rings. The van der Waals surface area contributed by atoms with Gasteiger partial charge in [-0.05, 0) is 51.8 Å². The Bertz CT molecular complexity index is 671. The number of esters is 1. The molecule has 20 heavy (non-hydrogen) atoms. The molecule has 0 N–H and O–H groups in total. The highest BCUT2D eigenvalue weighted by Gasteiger charge is 2.04. The molecule has 0 unspecified atom stereocenters. The number of rotatable bonds is 3. The zero-order valence-electron chi connectivity index (χ0n) is 10.1. The van der Waals surface area contributed by atoms with E-state index in [2.05, 4.69) is 15.9 Å². The second kappa shape index (κ2) is 6.68. The zero-order valence-corrected chi connectivity index (χ0v) is 12.5. The van der Waals surface area contributed by atoms with E-state index >= 15 is 0 Å². The van der Waals surface area contributed by atoms with Crippen molar-refractivity contribution in [3.8, 4) is 5.75 Å². The molecule has 2 aromatic rings. The second-order valence-corrected chi connectivity index (χ2v) is 5.12. The molecule has 2 aromatic carbocycles. The van der Waals surface area contributed by atoms with Crippen molar-refractivity contribution in [1.29, 1.82) is 0 Å². The van der Waals surface area contributed by atoms with E-state index in [1.54, 1.807) is 18.2 Å². The minimum atomic E-state index is -0.530. The zero-order chi connectivity index (χ0) is 14.5. The smallest absolute Gasteiger partial charge is 0.336 e. The monoisotopic (exact) mass is 354 g/mol. The van der Waals surface area contributed by atoms with Crippen molar-refractivity contribution in [2.45, 2.75) is 0 Å². The lowest BCUT2D eigenvalue weighted by Gasteiger charge is -2.03. The molecule has 102 valence electrons. The SMILES string of the molecule is O=C(/C=C/c1ccc(F)c(Cl)c1)Oc1ccccc1Br. The van der Waals surface area contributed by atoms with Crippen molar-refractivity contribution < 1.29 is 13.9 Å². The first-order valence-electron chi connectivity index (χ1n) is 5.66. The summed E-state index contributed by atoms with van der Waals surface area (Å²) < 4.78 is 18.8. The topological polar surface area (TPSA) is 26.3 Å². The molecule has 0 bridgehead atoms. The number of hydrogen-bond acceptors (Lipinski definition) is 2. The average molecular weight is 356 g/mol. The molecule has 0 aliphatic carbocycles. The van der Waals surface area contributed by atoms with Crippen LogP contribution in [0.3, 0.4) is 0 Å². The molecule has 0 atom stereocenters. The Morgan fingerprint density at radius 1 is 1.25 bits per heavy atom. The van der Waals surface area contributed by atoms with E-state index < -0.39 is 11.8 Å². The van der Waals surface area contributed by atoms with E-state index in [-0.39, 0.29) is 5.02 Å². The predicted molar refractivity (Wildman–Crippen MR) is 80.2 cm³/mol. The summed E-state index contributed by atoms with van der Waals surface area (Å²) in [5.41, 5.74) is 0.612. The first-order valence-corrected chi connectivity index (χ1v) is 6.83. The summed E-state index contributed by atoms with van der Waals surface area (Å²) in [5, 5.41) is 0.00585. The van der Waals surface area contributed by atoms with Crippen molar-refractivity contribution in [2.24, 2.45) is 0 Å². The average Bonchev–Trinajstić information content (AvgIpc) is 2.43. The van der Waals surface area contributed by atoms with Crippen LogP contribution in [0.1, 0.15) is 5.56 Å². The highest BCUT2D eigenvalue weighted by atomic mass is 79.9. The van der Waals surface area contributed by atoms with Gasteiger partial charge in [0.05, 0.1) is 9.50 Å². The van der Waals surface area contributed by atoms with Crippen LogP contribution in [0.15, 0.2) is 53.0 Å². The summed E-state index contributed by atoms with van der Waals surface area (Å²) in [5.74, 6) is -0.601. The Morgan fingerprint density at radius 2 is 2.00 bits per heavy atom. The molecule has 0 saturated heterocycles. The van der Waals surface area contributed by atoms with Gasteiger partial charge in [0.2, 0.25) is 0 Å². The van der Waals surface area contributed by atoms with Gasteiger partial charge in [-0.1, -0.05) is 29.8 Å². The number of carbonyl (C=O) groups is 1. The van der Waals surface area contributed by atoms with Gasteiger partial charge in [-0.25, -0.2) is 9.18 Å². The molecule has 0 spiro atoms. The van der Waals surface area contributed by atoms with E-state index in [1.807, 2.05) is 6.07 Å². The van der Waals surface area contributed by atoms with E-state index in [0.29, 0.717) is 15.8 Å². The Morgan fingerprint density at radius 3 is 2.70 bits per heavy atom. The molecule has 2 rings (SSSR count). The van der Waals surface area contributed by atoms with Crippen LogP contribution in [0, 0.1) is 5.82 Å². The van der Waals surface area contributed by atoms with Gasteiger partial charge in [-0.15, -0.1) is 0 Å². The lowest BCUT2D eigenvalue weighted by Crippen LogP contribution is -2.03. The van der Waals surface area contributed by atoms with Gasteiger partial charge in [0.15, 0.2) is 0 Å². The Hall–Kier alpha value is -1.65. The minimum Gasteiger partial charge on any atom is -0.422 e. The molecule has 0 aliphatic heterocycles. The van der Waals surface area contributed by atoms with Crippen molar-refractivity contribution >= 4 is 39.6 Å². The molecule has 2 nitrogen and oxygen atoms in total. The van der Waals surface area contributed by atoms with E-state index in [1.165, 1.54) is 30.4 Å². The Balaban J connectivity index is 2.06. The lowest BCUT2D eigenvalue weighted by molar-refractivity contribution is -0.128. The van der Waals surface area contributed by atoms with Gasteiger partial charge >= 0.3 is 5.97 Å². The summed E-state index contributed by atoms with van der Waals surface area (Å²) in [6, 6.07) is 11.2. The van der Waals surface area contributed by atoms with E-state index in [9.17, 15) is 9.18 Å². The molecule has 0 saturated carbocycles. The Labute approximate surface area is 129 Å². The number of benzene rings is 2. The van der Waals surface area contributed by atoms with Crippen LogP contribution in [0.25, 0.3) is 6.08 Å². The Kier molecular flexibility index (Phi) is 4.93. The van der Waals surface area contributed by atoms with Gasteiger partial charge in [0.25, 0.3) is 0 Å². The highest BCUT2D eigenvalue weighted by molar-refractivity contribution is 9.10. The highest BCUT2D eigenvalue weighted by Crippen LogP contribution is 2.24. The number of para-hydroxylation sites is 1. The summed E-state index contributed by atoms with van der Waals surface area (Å²) in [7, 11) is 0. The van der Waals surface area contributed by atoms with Crippen molar-refractivity contribution in [1.82, 2.24) is 0 Å². The van der Waals surface area contributed by atoms with Crippen molar-refractivity contribution in [3.05, 3.63) is 69.4 Å². The van der Waals surface area contributed by atoms with Gasteiger partial charge < -0.3 is 4.74 Å². The van der Waals surface area contributed by atoms with Crippen LogP contribution >= 0.6 is 27.5 Å². The maximum Gasteiger partial charge on any atom is 0.336 e. The first kappa shape index (κ1) is 14.8. The van der Waals surface area contributed by atoms with Crippen molar-refractivity contribution in [2.75, 3.05) is 0 Å². The standard InChI is InChI=1S/C15H9BrClFO2/c16-11-3-1-2-4-14(11)20-15(19)8-6-10-5-7-13(18)12(17)9-10/h1-9H/b8-6+. The number of ether oxygens (including phenoxy) is 1. The molecule has 5 heteroatoms. The predicted octanol–water partition coefficient (Wildman–Crippen LogP) is 4.86. The fourth-order valence-electron chi connectivity index (χ4n) is 1.45. The summed E-state index contributed by atoms with van der Waals surface area (Å²) in [6.07, 6.45) is 2.76. The lowest BCUT2D eigenvalue weighted by atomic mass is 10.2. The normalized spacial score (nSPS) is 10.8. The van der Waals surface area contributed by atoms with E-state index in [4.69, 9.17) is 16.3 Å². The van der Waals surface area contributed by atoms with Crippen LogP contribution in [0.2, 0.25) is 5.02 Å². The number of halogens is 3. The van der Waals surface area contributed by atoms with Gasteiger partial charge in [0.1, 0.15) is 11.6 Å². The van der Waals surface area contributed by atoms with Crippen molar-refractivity contribution in [3.63, 3.8) is 0 Å². The third-order valence-corrected chi connectivity index (χ3v) is 3.35. The maximum absolute atomic E-state index is 13.0. The molecular formula is C15H9BrClFO2. The summed E-state index contributed by atoms with van der Waals surface area (Å²) >= 11 is 8.93. The van der Waals surface area contributed by atoms with Gasteiger partial charge in [-0.3, -0.25) is 0 Å². The molecule has 0 amide bonds. The van der Waals surface area contributed by atoms with Crippen LogP contribution in [0.5, 0.6) is 5.75 Å². The fraction of sp³-hybridized carbons (Fsp3) is 0. The molecule has 0 aromatic heterocycles. The second-order valence-electron chi connectivity index (χ2n) is 3.86. The van der Waals surface area contributed by atoms with Crippen LogP contribution < -0.4 is 4.74 Å². The quantitative estimate of drug-likeness (QED) is 0.446. The van der Waals surface area contributed by atoms with Crippen LogP contribution in [-0.4, -0.2) is 5.97 Å². The minimum absolute atomic E-state index is 0.00585. The molecular weight excluding hydrogens is 347 g/mol. The third-order valence-electron chi connectivity index (χ3n) is 2.40. The van der Waals surface area contributed by atoms with Gasteiger partial charge in [0, 0.05) is 6.08 Å². The first-order chi connectivity index (χ1) is 9.56. The van der Waals surface area contributed by atoms with Gasteiger partial charge in [-0.2, -0.15) is 0 Å².